The average molecular weight is 307 g/mol. The van der Waals surface area contributed by atoms with E-state index in [2.05, 4.69) is 15.9 Å². The maximum Gasteiger partial charge on any atom is 0.0925 e. The van der Waals surface area contributed by atoms with Crippen molar-refractivity contribution in [2.75, 3.05) is 11.1 Å². The van der Waals surface area contributed by atoms with Gasteiger partial charge in [-0.25, -0.2) is 0 Å². The van der Waals surface area contributed by atoms with Gasteiger partial charge < -0.3 is 10.2 Å². The molecule has 0 radical (unpaired) electrons. The zero-order valence-corrected chi connectivity index (χ0v) is 11.4. The highest BCUT2D eigenvalue weighted by molar-refractivity contribution is 9.09. The summed E-state index contributed by atoms with van der Waals surface area (Å²) in [5.41, 5.74) is 1.10. The first-order valence-corrected chi connectivity index (χ1v) is 7.35. The van der Waals surface area contributed by atoms with Crippen molar-refractivity contribution in [3.05, 3.63) is 29.8 Å². The van der Waals surface area contributed by atoms with Crippen LogP contribution in [0.2, 0.25) is 0 Å². The summed E-state index contributed by atoms with van der Waals surface area (Å²) in [5.74, 6) is 0.0514. The van der Waals surface area contributed by atoms with Crippen molar-refractivity contribution in [1.82, 2.24) is 0 Å². The number of aliphatic hydroxyl groups is 2. The molecule has 0 saturated heterocycles. The third-order valence-corrected chi connectivity index (χ3v) is 4.31. The molecule has 1 aromatic carbocycles. The van der Waals surface area contributed by atoms with Crippen molar-refractivity contribution in [1.29, 1.82) is 0 Å². The summed E-state index contributed by atoms with van der Waals surface area (Å²) < 4.78 is 11.8. The van der Waals surface area contributed by atoms with Crippen molar-refractivity contribution in [3.63, 3.8) is 0 Å². The Balaban J connectivity index is 2.62. The monoisotopic (exact) mass is 306 g/mol. The first-order chi connectivity index (χ1) is 7.54. The minimum Gasteiger partial charge on any atom is -0.390 e. The highest BCUT2D eigenvalue weighted by Gasteiger charge is 2.18. The van der Waals surface area contributed by atoms with Crippen molar-refractivity contribution < 1.29 is 14.4 Å². The van der Waals surface area contributed by atoms with E-state index in [-0.39, 0.29) is 11.1 Å². The first kappa shape index (κ1) is 13.8. The molecule has 0 heterocycles. The molecule has 0 aliphatic heterocycles. The second-order valence-electron chi connectivity index (χ2n) is 3.61. The Labute approximate surface area is 106 Å². The number of aliphatic hydroxyl groups excluding tert-OH is 2. The molecule has 0 aliphatic carbocycles. The molecular formula is C11H15BrO3S. The van der Waals surface area contributed by atoms with Gasteiger partial charge in [-0.1, -0.05) is 33.6 Å². The minimum atomic E-state index is -1.27. The average Bonchev–Trinajstić information content (AvgIpc) is 2.28. The number of alkyl halides is 1. The van der Waals surface area contributed by atoms with Gasteiger partial charge in [-0.15, -0.1) is 0 Å². The largest absolute Gasteiger partial charge is 0.390 e. The topological polar surface area (TPSA) is 57.5 Å². The zero-order valence-electron chi connectivity index (χ0n) is 8.97. The van der Waals surface area contributed by atoms with Crippen LogP contribution in [0.1, 0.15) is 5.56 Å². The van der Waals surface area contributed by atoms with E-state index in [0.717, 1.165) is 5.56 Å². The van der Waals surface area contributed by atoms with E-state index in [1.807, 2.05) is 19.1 Å². The molecular weight excluding hydrogens is 292 g/mol. The van der Waals surface area contributed by atoms with Crippen LogP contribution in [0.4, 0.5) is 0 Å². The lowest BCUT2D eigenvalue weighted by Gasteiger charge is -2.14. The van der Waals surface area contributed by atoms with E-state index in [1.165, 1.54) is 0 Å². The number of halogens is 1. The maximum atomic E-state index is 11.8. The van der Waals surface area contributed by atoms with Gasteiger partial charge in [0.2, 0.25) is 0 Å². The standard InChI is InChI=1S/C11H15BrO3S/c1-8-2-4-9(5-3-8)16(15)7-11(14)10(13)6-12/h2-5,10-11,13-14H,6-7H2,1H3/t10-,11+,16?/m0/s1. The van der Waals surface area contributed by atoms with Crippen molar-refractivity contribution in [2.45, 2.75) is 24.0 Å². The van der Waals surface area contributed by atoms with E-state index in [0.29, 0.717) is 4.90 Å². The van der Waals surface area contributed by atoms with Gasteiger partial charge in [-0.2, -0.15) is 0 Å². The fraction of sp³-hybridized carbons (Fsp3) is 0.455. The summed E-state index contributed by atoms with van der Waals surface area (Å²) in [7, 11) is -1.27. The van der Waals surface area contributed by atoms with Gasteiger partial charge in [0.25, 0.3) is 0 Å². The molecule has 1 rings (SSSR count). The van der Waals surface area contributed by atoms with Gasteiger partial charge in [-0.3, -0.25) is 4.21 Å². The van der Waals surface area contributed by atoms with Crippen molar-refractivity contribution in [2.24, 2.45) is 0 Å². The summed E-state index contributed by atoms with van der Waals surface area (Å²) in [5, 5.41) is 19.1. The zero-order chi connectivity index (χ0) is 12.1. The van der Waals surface area contributed by atoms with E-state index >= 15 is 0 Å². The molecule has 90 valence electrons. The van der Waals surface area contributed by atoms with Gasteiger partial charge >= 0.3 is 0 Å². The Morgan fingerprint density at radius 2 is 1.81 bits per heavy atom. The van der Waals surface area contributed by atoms with Crippen LogP contribution in [-0.2, 0) is 10.8 Å². The molecule has 0 amide bonds. The number of hydrogen-bond acceptors (Lipinski definition) is 3. The number of rotatable bonds is 5. The molecule has 3 nitrogen and oxygen atoms in total. The molecule has 16 heavy (non-hydrogen) atoms. The number of benzene rings is 1. The Morgan fingerprint density at radius 3 is 2.31 bits per heavy atom. The van der Waals surface area contributed by atoms with Crippen LogP contribution in [0.15, 0.2) is 29.2 Å². The SMILES string of the molecule is Cc1ccc(S(=O)C[C@@H](O)[C@@H](O)CBr)cc1. The molecule has 0 aromatic heterocycles. The van der Waals surface area contributed by atoms with Crippen LogP contribution in [0.5, 0.6) is 0 Å². The van der Waals surface area contributed by atoms with Crippen LogP contribution in [0.3, 0.4) is 0 Å². The summed E-state index contributed by atoms with van der Waals surface area (Å²) in [6, 6.07) is 7.30. The van der Waals surface area contributed by atoms with E-state index < -0.39 is 23.0 Å². The fourth-order valence-corrected chi connectivity index (χ4v) is 2.75. The van der Waals surface area contributed by atoms with E-state index in [1.54, 1.807) is 12.1 Å². The summed E-state index contributed by atoms with van der Waals surface area (Å²) in [6.07, 6.45) is -1.85. The second-order valence-corrected chi connectivity index (χ2v) is 5.76. The second kappa shape index (κ2) is 6.49. The lowest BCUT2D eigenvalue weighted by atomic mass is 10.2. The molecule has 0 spiro atoms. The molecule has 5 heteroatoms. The predicted molar refractivity (Wildman–Crippen MR) is 68.3 cm³/mol. The van der Waals surface area contributed by atoms with Gasteiger partial charge in [0.1, 0.15) is 0 Å². The van der Waals surface area contributed by atoms with Crippen LogP contribution in [0.25, 0.3) is 0 Å². The third kappa shape index (κ3) is 3.97. The Bertz CT molecular complexity index is 353. The van der Waals surface area contributed by atoms with Crippen LogP contribution in [-0.4, -0.2) is 37.7 Å². The predicted octanol–water partition coefficient (Wildman–Crippen LogP) is 1.22. The minimum absolute atomic E-state index is 0.0514. The number of aryl methyl sites for hydroxylation is 1. The Hall–Kier alpha value is -0.230. The van der Waals surface area contributed by atoms with E-state index in [4.69, 9.17) is 0 Å². The normalized spacial score (nSPS) is 16.8. The summed E-state index contributed by atoms with van der Waals surface area (Å²) in [4.78, 5) is 0.673. The number of hydrogen-bond donors (Lipinski definition) is 2. The molecule has 0 aliphatic rings. The van der Waals surface area contributed by atoms with Crippen molar-refractivity contribution in [3.8, 4) is 0 Å². The van der Waals surface area contributed by atoms with Gasteiger partial charge in [0.15, 0.2) is 0 Å². The highest BCUT2D eigenvalue weighted by atomic mass is 79.9. The van der Waals surface area contributed by atoms with Crippen LogP contribution >= 0.6 is 15.9 Å². The molecule has 0 saturated carbocycles. The molecule has 0 fully saturated rings. The molecule has 1 unspecified atom stereocenters. The lowest BCUT2D eigenvalue weighted by molar-refractivity contribution is 0.0502. The highest BCUT2D eigenvalue weighted by Crippen LogP contribution is 2.10. The smallest absolute Gasteiger partial charge is 0.0925 e. The lowest BCUT2D eigenvalue weighted by Crippen LogP contribution is -2.32. The maximum absolute atomic E-state index is 11.8. The van der Waals surface area contributed by atoms with Gasteiger partial charge in [0.05, 0.1) is 28.8 Å². The first-order valence-electron chi connectivity index (χ1n) is 4.91. The molecule has 0 bridgehead atoms. The quantitative estimate of drug-likeness (QED) is 0.804. The van der Waals surface area contributed by atoms with Crippen molar-refractivity contribution >= 4 is 26.7 Å². The molecule has 3 atom stereocenters. The van der Waals surface area contributed by atoms with Crippen LogP contribution in [0, 0.1) is 6.92 Å². The molecule has 2 N–H and O–H groups in total. The fourth-order valence-electron chi connectivity index (χ4n) is 1.16. The Kier molecular flexibility index (Phi) is 5.61. The molecule has 1 aromatic rings. The van der Waals surface area contributed by atoms with Gasteiger partial charge in [0, 0.05) is 10.2 Å². The Morgan fingerprint density at radius 1 is 1.25 bits per heavy atom. The van der Waals surface area contributed by atoms with Crippen LogP contribution < -0.4 is 0 Å². The van der Waals surface area contributed by atoms with E-state index in [9.17, 15) is 14.4 Å². The van der Waals surface area contributed by atoms with Gasteiger partial charge in [-0.05, 0) is 19.1 Å². The third-order valence-electron chi connectivity index (χ3n) is 2.21. The summed E-state index contributed by atoms with van der Waals surface area (Å²) in [6.45, 7) is 1.95. The summed E-state index contributed by atoms with van der Waals surface area (Å²) >= 11 is 3.06.